The van der Waals surface area contributed by atoms with Gasteiger partial charge < -0.3 is 14.2 Å². The summed E-state index contributed by atoms with van der Waals surface area (Å²) in [4.78, 5) is 37.8. The molecule has 6 nitrogen and oxygen atoms in total. The second-order valence-electron chi connectivity index (χ2n) is 16.8. The van der Waals surface area contributed by atoms with E-state index in [1.54, 1.807) is 0 Å². The Bertz CT molecular complexity index is 984. The van der Waals surface area contributed by atoms with Gasteiger partial charge in [0.25, 0.3) is 0 Å². The highest BCUT2D eigenvalue weighted by Gasteiger charge is 2.19. The largest absolute Gasteiger partial charge is 0.462 e. The molecule has 0 fully saturated rings. The van der Waals surface area contributed by atoms with Crippen LogP contribution in [0.15, 0.2) is 36.5 Å². The van der Waals surface area contributed by atoms with Gasteiger partial charge >= 0.3 is 17.9 Å². The fourth-order valence-electron chi connectivity index (χ4n) is 7.07. The van der Waals surface area contributed by atoms with Crippen molar-refractivity contribution in [3.05, 3.63) is 36.5 Å². The highest BCUT2D eigenvalue weighted by Crippen LogP contribution is 2.14. The number of hydrogen-bond acceptors (Lipinski definition) is 6. The van der Waals surface area contributed by atoms with Gasteiger partial charge in [0.1, 0.15) is 13.2 Å². The van der Waals surface area contributed by atoms with Crippen LogP contribution in [0.25, 0.3) is 0 Å². The molecule has 0 aliphatic rings. The van der Waals surface area contributed by atoms with E-state index in [1.165, 1.54) is 128 Å². The Morgan fingerprint density at radius 3 is 0.983 bits per heavy atom. The SMILES string of the molecule is CCCCCCCC/C=C\CCCCCC(=O)OC(COC(=O)CCCCCCC/C=C\C=C/CCCCCCCCC)COC(=O)CCCCCCCCCCC. The summed E-state index contributed by atoms with van der Waals surface area (Å²) in [5, 5.41) is 0. The third kappa shape index (κ3) is 44.7. The molecule has 0 heterocycles. The van der Waals surface area contributed by atoms with E-state index < -0.39 is 6.10 Å². The Labute approximate surface area is 359 Å². The van der Waals surface area contributed by atoms with Gasteiger partial charge in [0.2, 0.25) is 0 Å². The quantitative estimate of drug-likeness (QED) is 0.0200. The number of esters is 3. The number of unbranched alkanes of at least 4 members (excludes halogenated alkanes) is 29. The summed E-state index contributed by atoms with van der Waals surface area (Å²) >= 11 is 0. The van der Waals surface area contributed by atoms with Crippen LogP contribution in [0.2, 0.25) is 0 Å². The van der Waals surface area contributed by atoms with Crippen molar-refractivity contribution in [3.63, 3.8) is 0 Å². The van der Waals surface area contributed by atoms with Crippen molar-refractivity contribution < 1.29 is 28.6 Å². The number of ether oxygens (including phenoxy) is 3. The molecule has 58 heavy (non-hydrogen) atoms. The van der Waals surface area contributed by atoms with Crippen molar-refractivity contribution in [2.24, 2.45) is 0 Å². The van der Waals surface area contributed by atoms with E-state index in [0.29, 0.717) is 19.3 Å². The predicted molar refractivity (Wildman–Crippen MR) is 247 cm³/mol. The van der Waals surface area contributed by atoms with Crippen molar-refractivity contribution in [1.82, 2.24) is 0 Å². The molecule has 0 aliphatic heterocycles. The summed E-state index contributed by atoms with van der Waals surface area (Å²) in [5.41, 5.74) is 0. The minimum absolute atomic E-state index is 0.0812. The molecule has 0 amide bonds. The molecule has 0 saturated heterocycles. The van der Waals surface area contributed by atoms with E-state index in [9.17, 15) is 14.4 Å². The van der Waals surface area contributed by atoms with Crippen LogP contribution < -0.4 is 0 Å². The second-order valence-corrected chi connectivity index (χ2v) is 16.8. The highest BCUT2D eigenvalue weighted by molar-refractivity contribution is 5.71. The van der Waals surface area contributed by atoms with Gasteiger partial charge in [0.15, 0.2) is 6.10 Å². The molecule has 1 atom stereocenters. The van der Waals surface area contributed by atoms with Crippen LogP contribution >= 0.6 is 0 Å². The van der Waals surface area contributed by atoms with E-state index in [1.807, 2.05) is 0 Å². The van der Waals surface area contributed by atoms with E-state index in [4.69, 9.17) is 14.2 Å². The standard InChI is InChI=1S/C52H94O6/c1-4-7-10-13-16-19-21-23-24-25-26-27-29-30-33-36-39-42-45-51(54)57-48-49(47-56-50(53)44-41-38-35-32-18-15-12-9-6-3)58-52(55)46-43-40-37-34-31-28-22-20-17-14-11-8-5-2/h24-28,31,49H,4-23,29-30,32-48H2,1-3H3/b25-24-,27-26-,31-28-. The van der Waals surface area contributed by atoms with Gasteiger partial charge in [0.05, 0.1) is 0 Å². The summed E-state index contributed by atoms with van der Waals surface area (Å²) in [6, 6.07) is 0. The lowest BCUT2D eigenvalue weighted by Crippen LogP contribution is -2.30. The van der Waals surface area contributed by atoms with E-state index in [0.717, 1.165) is 89.9 Å². The molecule has 338 valence electrons. The van der Waals surface area contributed by atoms with Gasteiger partial charge in [-0.3, -0.25) is 14.4 Å². The minimum atomic E-state index is -0.781. The van der Waals surface area contributed by atoms with Crippen molar-refractivity contribution in [1.29, 1.82) is 0 Å². The zero-order valence-corrected chi connectivity index (χ0v) is 38.6. The summed E-state index contributed by atoms with van der Waals surface area (Å²) in [6.07, 6.45) is 54.2. The second kappa shape index (κ2) is 47.3. The lowest BCUT2D eigenvalue weighted by Gasteiger charge is -2.18. The fourth-order valence-corrected chi connectivity index (χ4v) is 7.07. The number of allylic oxidation sites excluding steroid dienone is 6. The number of hydrogen-bond donors (Lipinski definition) is 0. The van der Waals surface area contributed by atoms with Gasteiger partial charge in [-0.05, 0) is 70.6 Å². The first-order valence-corrected chi connectivity index (χ1v) is 25.0. The first-order chi connectivity index (χ1) is 28.5. The number of carbonyl (C=O) groups excluding carboxylic acids is 3. The molecule has 0 aliphatic carbocycles. The number of rotatable bonds is 45. The van der Waals surface area contributed by atoms with Crippen LogP contribution in [0.4, 0.5) is 0 Å². The Morgan fingerprint density at radius 1 is 0.345 bits per heavy atom. The maximum Gasteiger partial charge on any atom is 0.306 e. The molecule has 0 spiro atoms. The van der Waals surface area contributed by atoms with E-state index in [2.05, 4.69) is 57.2 Å². The Hall–Kier alpha value is -2.37. The Morgan fingerprint density at radius 2 is 0.621 bits per heavy atom. The smallest absolute Gasteiger partial charge is 0.306 e. The topological polar surface area (TPSA) is 78.9 Å². The van der Waals surface area contributed by atoms with Crippen LogP contribution in [0, 0.1) is 0 Å². The lowest BCUT2D eigenvalue weighted by molar-refractivity contribution is -0.167. The fraction of sp³-hybridized carbons (Fsp3) is 0.827. The van der Waals surface area contributed by atoms with Crippen molar-refractivity contribution in [3.8, 4) is 0 Å². The average Bonchev–Trinajstić information content (AvgIpc) is 3.22. The van der Waals surface area contributed by atoms with Gasteiger partial charge in [-0.2, -0.15) is 0 Å². The molecule has 0 radical (unpaired) electrons. The molecule has 0 aromatic heterocycles. The highest BCUT2D eigenvalue weighted by atomic mass is 16.6. The lowest BCUT2D eigenvalue weighted by atomic mass is 10.1. The van der Waals surface area contributed by atoms with Crippen LogP contribution in [0.5, 0.6) is 0 Å². The molecule has 0 N–H and O–H groups in total. The van der Waals surface area contributed by atoms with Crippen molar-refractivity contribution in [2.45, 2.75) is 264 Å². The third-order valence-corrected chi connectivity index (χ3v) is 10.9. The first kappa shape index (κ1) is 55.6. The Kier molecular flexibility index (Phi) is 45.4. The summed E-state index contributed by atoms with van der Waals surface area (Å²) < 4.78 is 16.7. The van der Waals surface area contributed by atoms with Gasteiger partial charge in [-0.15, -0.1) is 0 Å². The summed E-state index contributed by atoms with van der Waals surface area (Å²) in [6.45, 7) is 6.59. The molecule has 6 heteroatoms. The zero-order chi connectivity index (χ0) is 42.3. The van der Waals surface area contributed by atoms with E-state index in [-0.39, 0.29) is 31.1 Å². The molecule has 0 rings (SSSR count). The van der Waals surface area contributed by atoms with Gasteiger partial charge in [0, 0.05) is 19.3 Å². The van der Waals surface area contributed by atoms with Gasteiger partial charge in [-0.25, -0.2) is 0 Å². The summed E-state index contributed by atoms with van der Waals surface area (Å²) in [5.74, 6) is -0.910. The van der Waals surface area contributed by atoms with E-state index >= 15 is 0 Å². The predicted octanol–water partition coefficient (Wildman–Crippen LogP) is 16.1. The van der Waals surface area contributed by atoms with Crippen LogP contribution in [0.3, 0.4) is 0 Å². The first-order valence-electron chi connectivity index (χ1n) is 25.0. The third-order valence-electron chi connectivity index (χ3n) is 10.9. The van der Waals surface area contributed by atoms with Crippen LogP contribution in [-0.4, -0.2) is 37.2 Å². The monoisotopic (exact) mass is 815 g/mol. The minimum Gasteiger partial charge on any atom is -0.462 e. The van der Waals surface area contributed by atoms with Crippen molar-refractivity contribution >= 4 is 17.9 Å². The summed E-state index contributed by atoms with van der Waals surface area (Å²) in [7, 11) is 0. The zero-order valence-electron chi connectivity index (χ0n) is 38.6. The molecule has 1 unspecified atom stereocenters. The van der Waals surface area contributed by atoms with Crippen LogP contribution in [-0.2, 0) is 28.6 Å². The normalized spacial score (nSPS) is 12.3. The van der Waals surface area contributed by atoms with Crippen LogP contribution in [0.1, 0.15) is 258 Å². The molecule has 0 aromatic rings. The molecule has 0 bridgehead atoms. The molecule has 0 aromatic carbocycles. The van der Waals surface area contributed by atoms with Gasteiger partial charge in [-0.1, -0.05) is 205 Å². The molecule has 0 saturated carbocycles. The maximum atomic E-state index is 12.7. The van der Waals surface area contributed by atoms with Crippen molar-refractivity contribution in [2.75, 3.05) is 13.2 Å². The number of carbonyl (C=O) groups is 3. The molecular weight excluding hydrogens is 721 g/mol. The average molecular weight is 815 g/mol. The molecular formula is C52H94O6. The maximum absolute atomic E-state index is 12.7. The Balaban J connectivity index is 4.35.